The van der Waals surface area contributed by atoms with Crippen LogP contribution in [0.3, 0.4) is 0 Å². The van der Waals surface area contributed by atoms with Gasteiger partial charge in [-0.05, 0) is 48.2 Å². The maximum Gasteiger partial charge on any atom is 0.243 e. The lowest BCUT2D eigenvalue weighted by atomic mass is 9.73. The summed E-state index contributed by atoms with van der Waals surface area (Å²) in [4.78, 5) is 0.360. The first-order valence-corrected chi connectivity index (χ1v) is 14.0. The van der Waals surface area contributed by atoms with E-state index in [0.29, 0.717) is 17.9 Å². The zero-order valence-electron chi connectivity index (χ0n) is 20.3. The lowest BCUT2D eigenvalue weighted by Crippen LogP contribution is -2.46. The summed E-state index contributed by atoms with van der Waals surface area (Å²) >= 11 is 0. The monoisotopic (exact) mass is 494 g/mol. The molecular weight excluding hydrogens is 464 g/mol. The van der Waals surface area contributed by atoms with E-state index in [0.717, 1.165) is 16.8 Å². The Morgan fingerprint density at radius 3 is 2.17 bits per heavy atom. The largest absolute Gasteiger partial charge is 0.380 e. The second kappa shape index (κ2) is 9.23. The van der Waals surface area contributed by atoms with Crippen molar-refractivity contribution in [2.45, 2.75) is 36.2 Å². The van der Waals surface area contributed by atoms with Gasteiger partial charge >= 0.3 is 0 Å². The van der Waals surface area contributed by atoms with Gasteiger partial charge in [0.15, 0.2) is 0 Å². The zero-order valence-corrected chi connectivity index (χ0v) is 21.1. The van der Waals surface area contributed by atoms with Gasteiger partial charge in [-0.1, -0.05) is 96.6 Å². The Balaban J connectivity index is 1.48. The van der Waals surface area contributed by atoms with Crippen molar-refractivity contribution in [3.8, 4) is 0 Å². The van der Waals surface area contributed by atoms with Gasteiger partial charge in [0.25, 0.3) is 0 Å². The van der Waals surface area contributed by atoms with Crippen LogP contribution in [0.2, 0.25) is 0 Å². The molecular formula is C31H30N2O2S. The van der Waals surface area contributed by atoms with Gasteiger partial charge in [0.2, 0.25) is 10.0 Å². The quantitative estimate of drug-likeness (QED) is 0.378. The molecule has 1 saturated heterocycles. The van der Waals surface area contributed by atoms with E-state index in [-0.39, 0.29) is 23.9 Å². The predicted molar refractivity (Wildman–Crippen MR) is 145 cm³/mol. The Hall–Kier alpha value is -3.41. The molecule has 4 unspecified atom stereocenters. The molecule has 0 saturated carbocycles. The van der Waals surface area contributed by atoms with E-state index in [2.05, 4.69) is 66.0 Å². The van der Waals surface area contributed by atoms with Crippen molar-refractivity contribution in [2.75, 3.05) is 11.9 Å². The number of hydrogen-bond donors (Lipinski definition) is 1. The summed E-state index contributed by atoms with van der Waals surface area (Å²) in [5.41, 5.74) is 5.75. The predicted octanol–water partition coefficient (Wildman–Crippen LogP) is 5.85. The van der Waals surface area contributed by atoms with Crippen LogP contribution < -0.4 is 5.32 Å². The number of sulfonamides is 1. The van der Waals surface area contributed by atoms with Crippen molar-refractivity contribution in [1.29, 1.82) is 0 Å². The van der Waals surface area contributed by atoms with Crippen LogP contribution >= 0.6 is 0 Å². The Morgan fingerprint density at radius 2 is 1.44 bits per heavy atom. The number of anilines is 1. The van der Waals surface area contributed by atoms with E-state index in [1.54, 1.807) is 16.4 Å². The molecule has 0 aromatic heterocycles. The number of nitrogens with zero attached hydrogens (tertiary/aromatic N) is 1. The van der Waals surface area contributed by atoms with Crippen LogP contribution in [0.25, 0.3) is 0 Å². The Kier molecular flexibility index (Phi) is 5.90. The average molecular weight is 495 g/mol. The van der Waals surface area contributed by atoms with E-state index >= 15 is 0 Å². The number of nitrogens with one attached hydrogen (secondary N) is 1. The fourth-order valence-corrected chi connectivity index (χ4v) is 7.72. The Morgan fingerprint density at radius 1 is 0.806 bits per heavy atom. The zero-order chi connectivity index (χ0) is 24.7. The van der Waals surface area contributed by atoms with Crippen LogP contribution in [0.4, 0.5) is 5.69 Å². The Bertz CT molecular complexity index is 1450. The molecule has 182 valence electrons. The van der Waals surface area contributed by atoms with Crippen LogP contribution in [-0.4, -0.2) is 31.4 Å². The normalized spacial score (nSPS) is 23.5. The maximum atomic E-state index is 14.1. The van der Waals surface area contributed by atoms with Crippen molar-refractivity contribution >= 4 is 15.7 Å². The first kappa shape index (κ1) is 23.0. The SMILES string of the molecule is Cc1ccc(S(=O)(=O)N2CC3C(c4ccccc4)c4ccccc4NC3C2Cc2ccccc2)cc1. The molecule has 4 nitrogen and oxygen atoms in total. The highest BCUT2D eigenvalue weighted by atomic mass is 32.2. The molecule has 4 atom stereocenters. The molecule has 0 spiro atoms. The van der Waals surface area contributed by atoms with Crippen LogP contribution in [-0.2, 0) is 16.4 Å². The Labute approximate surface area is 213 Å². The maximum absolute atomic E-state index is 14.1. The third kappa shape index (κ3) is 4.02. The van der Waals surface area contributed by atoms with Gasteiger partial charge < -0.3 is 5.32 Å². The molecule has 0 aliphatic carbocycles. The lowest BCUT2D eigenvalue weighted by Gasteiger charge is -2.38. The second-order valence-electron chi connectivity index (χ2n) is 9.95. The van der Waals surface area contributed by atoms with Gasteiger partial charge in [0.1, 0.15) is 0 Å². The van der Waals surface area contributed by atoms with Crippen LogP contribution in [0, 0.1) is 12.8 Å². The number of aryl methyl sites for hydroxylation is 1. The molecule has 0 amide bonds. The van der Waals surface area contributed by atoms with E-state index < -0.39 is 10.0 Å². The summed E-state index contributed by atoms with van der Waals surface area (Å²) < 4.78 is 30.0. The molecule has 1 N–H and O–H groups in total. The number of fused-ring (bicyclic) bond motifs is 2. The smallest absolute Gasteiger partial charge is 0.243 e. The standard InChI is InChI=1S/C31H30N2O2S/c1-22-16-18-25(19-17-22)36(34,35)33-21-27-30(24-12-6-3-7-13-24)26-14-8-9-15-28(26)32-31(27)29(33)20-23-10-4-2-5-11-23/h2-19,27,29-32H,20-21H2,1H3. The molecule has 5 heteroatoms. The van der Waals surface area contributed by atoms with Gasteiger partial charge in [-0.25, -0.2) is 8.42 Å². The molecule has 0 radical (unpaired) electrons. The minimum absolute atomic E-state index is 0.00876. The molecule has 4 aromatic rings. The van der Waals surface area contributed by atoms with Crippen LogP contribution in [0.5, 0.6) is 0 Å². The third-order valence-corrected chi connectivity index (χ3v) is 9.66. The van der Waals surface area contributed by atoms with Gasteiger partial charge in [0, 0.05) is 36.2 Å². The highest BCUT2D eigenvalue weighted by Crippen LogP contribution is 2.48. The summed E-state index contributed by atoms with van der Waals surface area (Å²) in [5.74, 6) is 0.223. The average Bonchev–Trinajstić information content (AvgIpc) is 3.27. The van der Waals surface area contributed by atoms with E-state index in [9.17, 15) is 8.42 Å². The van der Waals surface area contributed by atoms with Gasteiger partial charge in [0.05, 0.1) is 4.90 Å². The van der Waals surface area contributed by atoms with Crippen molar-refractivity contribution in [3.63, 3.8) is 0 Å². The highest BCUT2D eigenvalue weighted by molar-refractivity contribution is 7.89. The molecule has 4 aromatic carbocycles. The van der Waals surface area contributed by atoms with Gasteiger partial charge in [-0.15, -0.1) is 0 Å². The lowest BCUT2D eigenvalue weighted by molar-refractivity contribution is 0.375. The van der Waals surface area contributed by atoms with Crippen molar-refractivity contribution in [1.82, 2.24) is 4.31 Å². The molecule has 2 heterocycles. The van der Waals surface area contributed by atoms with Crippen molar-refractivity contribution < 1.29 is 8.42 Å². The van der Waals surface area contributed by atoms with Crippen molar-refractivity contribution in [2.24, 2.45) is 5.92 Å². The van der Waals surface area contributed by atoms with Crippen LogP contribution in [0.1, 0.15) is 28.2 Å². The molecule has 6 rings (SSSR count). The minimum atomic E-state index is -3.68. The number of benzene rings is 4. The first-order valence-electron chi connectivity index (χ1n) is 12.6. The van der Waals surface area contributed by atoms with E-state index in [4.69, 9.17) is 0 Å². The fourth-order valence-electron chi connectivity index (χ4n) is 6.04. The fraction of sp³-hybridized carbons (Fsp3) is 0.226. The van der Waals surface area contributed by atoms with Crippen molar-refractivity contribution in [3.05, 3.63) is 131 Å². The second-order valence-corrected chi connectivity index (χ2v) is 11.8. The van der Waals surface area contributed by atoms with E-state index in [1.165, 1.54) is 11.1 Å². The first-order chi connectivity index (χ1) is 17.5. The minimum Gasteiger partial charge on any atom is -0.380 e. The molecule has 2 aliphatic rings. The molecule has 36 heavy (non-hydrogen) atoms. The summed E-state index contributed by atoms with van der Waals surface area (Å²) in [6, 6.07) is 36.2. The number of rotatable bonds is 5. The van der Waals surface area contributed by atoms with Gasteiger partial charge in [-0.3, -0.25) is 0 Å². The summed E-state index contributed by atoms with van der Waals surface area (Å²) in [5, 5.41) is 3.79. The van der Waals surface area contributed by atoms with E-state index in [1.807, 2.05) is 43.3 Å². The summed E-state index contributed by atoms with van der Waals surface area (Å²) in [7, 11) is -3.68. The molecule has 2 aliphatic heterocycles. The molecule has 1 fully saturated rings. The summed E-state index contributed by atoms with van der Waals surface area (Å²) in [6.07, 6.45) is 0.657. The van der Waals surface area contributed by atoms with Gasteiger partial charge in [-0.2, -0.15) is 4.31 Å². The molecule has 0 bridgehead atoms. The number of para-hydroxylation sites is 1. The third-order valence-electron chi connectivity index (χ3n) is 7.76. The van der Waals surface area contributed by atoms with Crippen LogP contribution in [0.15, 0.2) is 114 Å². The topological polar surface area (TPSA) is 49.4 Å². The number of hydrogen-bond acceptors (Lipinski definition) is 3. The summed E-state index contributed by atoms with van der Waals surface area (Å²) in [6.45, 7) is 2.45. The highest BCUT2D eigenvalue weighted by Gasteiger charge is 2.52.